The average Bonchev–Trinajstić information content (AvgIpc) is 2.66. The molecule has 0 aromatic heterocycles. The van der Waals surface area contributed by atoms with Gasteiger partial charge in [0.25, 0.3) is 0 Å². The van der Waals surface area contributed by atoms with Gasteiger partial charge >= 0.3 is 0 Å². The Labute approximate surface area is 108 Å². The van der Waals surface area contributed by atoms with Crippen molar-refractivity contribution in [2.24, 2.45) is 35.0 Å². The zero-order valence-electron chi connectivity index (χ0n) is 12.0. The lowest BCUT2D eigenvalue weighted by Gasteiger charge is -2.47. The molecule has 3 aliphatic carbocycles. The third kappa shape index (κ3) is 2.29. The molecule has 0 heterocycles. The van der Waals surface area contributed by atoms with Crippen molar-refractivity contribution in [3.8, 4) is 0 Å². The van der Waals surface area contributed by atoms with Crippen molar-refractivity contribution >= 4 is 0 Å². The van der Waals surface area contributed by atoms with Gasteiger partial charge in [0, 0.05) is 0 Å². The number of hydrogen-bond acceptors (Lipinski definition) is 0. The summed E-state index contributed by atoms with van der Waals surface area (Å²) in [4.78, 5) is 0. The molecular weight excluding hydrogens is 204 g/mol. The molecule has 0 aliphatic heterocycles. The van der Waals surface area contributed by atoms with Gasteiger partial charge < -0.3 is 0 Å². The van der Waals surface area contributed by atoms with Crippen LogP contribution in [0.25, 0.3) is 0 Å². The molecule has 0 aromatic carbocycles. The van der Waals surface area contributed by atoms with E-state index in [0.717, 1.165) is 29.6 Å². The number of rotatable bonds is 1. The van der Waals surface area contributed by atoms with Crippen molar-refractivity contribution in [1.29, 1.82) is 0 Å². The molecule has 0 saturated heterocycles. The van der Waals surface area contributed by atoms with E-state index in [2.05, 4.69) is 20.8 Å². The predicted molar refractivity (Wildman–Crippen MR) is 73.8 cm³/mol. The third-order valence-electron chi connectivity index (χ3n) is 5.99. The summed E-state index contributed by atoms with van der Waals surface area (Å²) in [5.74, 6) is 5.62. The van der Waals surface area contributed by atoms with E-state index in [-0.39, 0.29) is 0 Å². The SMILES string of the molecule is CC(C)(C)CC1CCC2CCC3CCCC1C32. The summed E-state index contributed by atoms with van der Waals surface area (Å²) in [6.07, 6.45) is 12.4. The van der Waals surface area contributed by atoms with Crippen molar-refractivity contribution in [2.45, 2.75) is 72.1 Å². The van der Waals surface area contributed by atoms with E-state index in [1.54, 1.807) is 44.9 Å². The molecule has 0 amide bonds. The highest BCUT2D eigenvalue weighted by Gasteiger charge is 2.48. The Bertz CT molecular complexity index is 266. The minimum atomic E-state index is 0.545. The molecule has 17 heavy (non-hydrogen) atoms. The van der Waals surface area contributed by atoms with Crippen LogP contribution in [0.1, 0.15) is 72.1 Å². The molecule has 0 N–H and O–H groups in total. The molecule has 0 spiro atoms. The monoisotopic (exact) mass is 234 g/mol. The van der Waals surface area contributed by atoms with Crippen LogP contribution in [-0.2, 0) is 0 Å². The molecule has 3 saturated carbocycles. The summed E-state index contributed by atoms with van der Waals surface area (Å²) in [6.45, 7) is 7.32. The van der Waals surface area contributed by atoms with Crippen LogP contribution in [0.15, 0.2) is 0 Å². The quantitative estimate of drug-likeness (QED) is 0.579. The Morgan fingerprint density at radius 1 is 0.824 bits per heavy atom. The summed E-state index contributed by atoms with van der Waals surface area (Å²) in [6, 6.07) is 0. The Morgan fingerprint density at radius 3 is 2.18 bits per heavy atom. The minimum absolute atomic E-state index is 0.545. The van der Waals surface area contributed by atoms with E-state index in [9.17, 15) is 0 Å². The lowest BCUT2D eigenvalue weighted by molar-refractivity contribution is 0.0252. The molecule has 3 aliphatic rings. The van der Waals surface area contributed by atoms with Gasteiger partial charge in [-0.05, 0) is 73.5 Å². The minimum Gasteiger partial charge on any atom is -0.0602 e. The van der Waals surface area contributed by atoms with Crippen molar-refractivity contribution in [3.63, 3.8) is 0 Å². The van der Waals surface area contributed by atoms with Crippen molar-refractivity contribution in [1.82, 2.24) is 0 Å². The van der Waals surface area contributed by atoms with Crippen molar-refractivity contribution in [3.05, 3.63) is 0 Å². The van der Waals surface area contributed by atoms with Crippen LogP contribution in [0.5, 0.6) is 0 Å². The lowest BCUT2D eigenvalue weighted by Crippen LogP contribution is -2.39. The molecule has 0 bridgehead atoms. The zero-order valence-corrected chi connectivity index (χ0v) is 12.0. The summed E-state index contributed by atoms with van der Waals surface area (Å²) in [5, 5.41) is 0. The maximum atomic E-state index is 2.44. The standard InChI is InChI=1S/C17H30/c1-17(2,3)11-14-10-9-13-8-7-12-5-4-6-15(14)16(12)13/h12-16H,4-11H2,1-3H3. The highest BCUT2D eigenvalue weighted by molar-refractivity contribution is 4.98. The second-order valence-electron chi connectivity index (χ2n) is 8.37. The molecule has 0 radical (unpaired) electrons. The smallest absolute Gasteiger partial charge is 0.0326 e. The molecule has 0 nitrogen and oxygen atoms in total. The first-order chi connectivity index (χ1) is 8.04. The average molecular weight is 234 g/mol. The van der Waals surface area contributed by atoms with E-state index in [4.69, 9.17) is 0 Å². The Morgan fingerprint density at radius 2 is 1.47 bits per heavy atom. The number of hydrogen-bond donors (Lipinski definition) is 0. The maximum Gasteiger partial charge on any atom is -0.0326 e. The fourth-order valence-corrected chi connectivity index (χ4v) is 5.61. The fraction of sp³-hybridized carbons (Fsp3) is 1.00. The molecule has 0 aromatic rings. The molecule has 3 fully saturated rings. The zero-order chi connectivity index (χ0) is 12.0. The normalized spacial score (nSPS) is 45.7. The summed E-state index contributed by atoms with van der Waals surface area (Å²) >= 11 is 0. The summed E-state index contributed by atoms with van der Waals surface area (Å²) < 4.78 is 0. The highest BCUT2D eigenvalue weighted by Crippen LogP contribution is 2.57. The van der Waals surface area contributed by atoms with Gasteiger partial charge in [-0.1, -0.05) is 33.6 Å². The van der Waals surface area contributed by atoms with Gasteiger partial charge in [0.2, 0.25) is 0 Å². The topological polar surface area (TPSA) is 0 Å². The Kier molecular flexibility index (Phi) is 3.04. The van der Waals surface area contributed by atoms with Crippen LogP contribution in [0.2, 0.25) is 0 Å². The Balaban J connectivity index is 1.75. The van der Waals surface area contributed by atoms with Crippen molar-refractivity contribution in [2.75, 3.05) is 0 Å². The molecule has 5 unspecified atom stereocenters. The largest absolute Gasteiger partial charge is 0.0602 e. The fourth-order valence-electron chi connectivity index (χ4n) is 5.61. The first-order valence-corrected chi connectivity index (χ1v) is 8.04. The van der Waals surface area contributed by atoms with E-state index < -0.39 is 0 Å². The van der Waals surface area contributed by atoms with Gasteiger partial charge in [-0.2, -0.15) is 0 Å². The maximum absolute atomic E-state index is 2.44. The lowest BCUT2D eigenvalue weighted by atomic mass is 9.58. The summed E-state index contributed by atoms with van der Waals surface area (Å²) in [7, 11) is 0. The van der Waals surface area contributed by atoms with E-state index in [0.29, 0.717) is 5.41 Å². The predicted octanol–water partition coefficient (Wildman–Crippen LogP) is 5.28. The van der Waals surface area contributed by atoms with E-state index in [1.807, 2.05) is 0 Å². The van der Waals surface area contributed by atoms with Crippen molar-refractivity contribution < 1.29 is 0 Å². The van der Waals surface area contributed by atoms with E-state index >= 15 is 0 Å². The Hall–Kier alpha value is 0. The van der Waals surface area contributed by atoms with Crippen LogP contribution in [-0.4, -0.2) is 0 Å². The second-order valence-corrected chi connectivity index (χ2v) is 8.37. The highest BCUT2D eigenvalue weighted by atomic mass is 14.5. The molecular formula is C17H30. The van der Waals surface area contributed by atoms with Gasteiger partial charge in [0.15, 0.2) is 0 Å². The van der Waals surface area contributed by atoms with Gasteiger partial charge in [0.1, 0.15) is 0 Å². The van der Waals surface area contributed by atoms with E-state index in [1.165, 1.54) is 6.42 Å². The van der Waals surface area contributed by atoms with Gasteiger partial charge in [-0.25, -0.2) is 0 Å². The van der Waals surface area contributed by atoms with Crippen LogP contribution < -0.4 is 0 Å². The molecule has 0 heteroatoms. The van der Waals surface area contributed by atoms with Crippen LogP contribution >= 0.6 is 0 Å². The molecule has 3 rings (SSSR count). The van der Waals surface area contributed by atoms with Gasteiger partial charge in [0.05, 0.1) is 0 Å². The summed E-state index contributed by atoms with van der Waals surface area (Å²) in [5.41, 5.74) is 0.545. The van der Waals surface area contributed by atoms with Crippen LogP contribution in [0.3, 0.4) is 0 Å². The first-order valence-electron chi connectivity index (χ1n) is 8.04. The van der Waals surface area contributed by atoms with Gasteiger partial charge in [-0.3, -0.25) is 0 Å². The van der Waals surface area contributed by atoms with Crippen LogP contribution in [0.4, 0.5) is 0 Å². The third-order valence-corrected chi connectivity index (χ3v) is 5.99. The molecule has 5 atom stereocenters. The first kappa shape index (κ1) is 12.1. The van der Waals surface area contributed by atoms with Crippen LogP contribution in [0, 0.1) is 35.0 Å². The second kappa shape index (κ2) is 4.28. The molecule has 98 valence electrons. The van der Waals surface area contributed by atoms with Gasteiger partial charge in [-0.15, -0.1) is 0 Å².